The van der Waals surface area contributed by atoms with E-state index in [1.165, 1.54) is 5.56 Å². The fourth-order valence-electron chi connectivity index (χ4n) is 2.48. The predicted octanol–water partition coefficient (Wildman–Crippen LogP) is 3.40. The molecule has 5 heteroatoms. The van der Waals surface area contributed by atoms with Gasteiger partial charge in [0.1, 0.15) is 17.2 Å². The van der Waals surface area contributed by atoms with Gasteiger partial charge in [0, 0.05) is 6.54 Å². The van der Waals surface area contributed by atoms with E-state index in [2.05, 4.69) is 17.4 Å². The van der Waals surface area contributed by atoms with Crippen LogP contribution in [-0.2, 0) is 6.42 Å². The van der Waals surface area contributed by atoms with Gasteiger partial charge in [-0.2, -0.15) is 0 Å². The molecule has 0 heterocycles. The second-order valence-electron chi connectivity index (χ2n) is 5.55. The second-order valence-corrected chi connectivity index (χ2v) is 5.55. The summed E-state index contributed by atoms with van der Waals surface area (Å²) in [6.07, 6.45) is 1.70. The molecule has 2 aromatic carbocycles. The van der Waals surface area contributed by atoms with E-state index in [4.69, 9.17) is 10.5 Å². The van der Waals surface area contributed by atoms with Crippen molar-refractivity contribution in [1.82, 2.24) is 5.32 Å². The van der Waals surface area contributed by atoms with Crippen LogP contribution in [0.15, 0.2) is 36.4 Å². The number of nitrogens with one attached hydrogen (secondary N) is 1. The molecule has 5 nitrogen and oxygen atoms in total. The Kier molecular flexibility index (Phi) is 5.46. The summed E-state index contributed by atoms with van der Waals surface area (Å²) in [5.74, 6) is 1.73. The number of hydrogen-bond acceptors (Lipinski definition) is 3. The maximum Gasteiger partial charge on any atom is 0.312 e. The minimum Gasteiger partial charge on any atom is -0.508 e. The van der Waals surface area contributed by atoms with Gasteiger partial charge in [0.25, 0.3) is 0 Å². The average Bonchev–Trinajstić information content (AvgIpc) is 2.49. The van der Waals surface area contributed by atoms with Crippen molar-refractivity contribution in [2.24, 2.45) is 5.73 Å². The normalized spacial score (nSPS) is 10.3. The van der Waals surface area contributed by atoms with Gasteiger partial charge in [-0.15, -0.1) is 0 Å². The van der Waals surface area contributed by atoms with Gasteiger partial charge in [0.2, 0.25) is 0 Å². The van der Waals surface area contributed by atoms with Gasteiger partial charge >= 0.3 is 6.03 Å². The van der Waals surface area contributed by atoms with Crippen molar-refractivity contribution in [2.75, 3.05) is 6.54 Å². The van der Waals surface area contributed by atoms with Crippen LogP contribution in [0.2, 0.25) is 0 Å². The third-order valence-corrected chi connectivity index (χ3v) is 3.52. The van der Waals surface area contributed by atoms with Crippen LogP contribution in [0.1, 0.15) is 23.1 Å². The maximum absolute atomic E-state index is 10.6. The van der Waals surface area contributed by atoms with E-state index in [0.29, 0.717) is 12.3 Å². The third kappa shape index (κ3) is 4.92. The minimum absolute atomic E-state index is 0.214. The van der Waals surface area contributed by atoms with E-state index in [1.807, 2.05) is 13.8 Å². The molecule has 0 unspecified atom stereocenters. The lowest BCUT2D eigenvalue weighted by molar-refractivity contribution is 0.249. The Morgan fingerprint density at radius 3 is 2.35 bits per heavy atom. The number of carbonyl (C=O) groups is 1. The molecule has 0 saturated heterocycles. The molecule has 2 aromatic rings. The topological polar surface area (TPSA) is 84.6 Å². The summed E-state index contributed by atoms with van der Waals surface area (Å²) in [5, 5.41) is 11.9. The number of phenols is 1. The summed E-state index contributed by atoms with van der Waals surface area (Å²) in [6, 6.07) is 10.4. The molecular weight excluding hydrogens is 292 g/mol. The molecule has 2 amide bonds. The number of aromatic hydroxyl groups is 1. The van der Waals surface area contributed by atoms with E-state index < -0.39 is 6.03 Å². The molecule has 122 valence electrons. The SMILES string of the molecule is Cc1cc(CCCNC(N)=O)cc(C)c1Oc1ccc(O)cc1. The predicted molar refractivity (Wildman–Crippen MR) is 90.0 cm³/mol. The number of ether oxygens (including phenoxy) is 1. The van der Waals surface area contributed by atoms with Crippen molar-refractivity contribution in [2.45, 2.75) is 26.7 Å². The van der Waals surface area contributed by atoms with Crippen molar-refractivity contribution in [3.8, 4) is 17.2 Å². The first-order chi connectivity index (χ1) is 11.0. The Morgan fingerprint density at radius 1 is 1.17 bits per heavy atom. The first-order valence-corrected chi connectivity index (χ1v) is 7.56. The fraction of sp³-hybridized carbons (Fsp3) is 0.278. The smallest absolute Gasteiger partial charge is 0.312 e. The lowest BCUT2D eigenvalue weighted by Gasteiger charge is -2.14. The number of nitrogens with two attached hydrogens (primary N) is 1. The van der Waals surface area contributed by atoms with Crippen LogP contribution in [0.3, 0.4) is 0 Å². The summed E-state index contributed by atoms with van der Waals surface area (Å²) in [4.78, 5) is 10.6. The summed E-state index contributed by atoms with van der Waals surface area (Å²) >= 11 is 0. The van der Waals surface area contributed by atoms with Gasteiger partial charge in [-0.25, -0.2) is 4.79 Å². The maximum atomic E-state index is 10.6. The van der Waals surface area contributed by atoms with Crippen LogP contribution in [0, 0.1) is 13.8 Å². The van der Waals surface area contributed by atoms with Crippen molar-refractivity contribution in [3.63, 3.8) is 0 Å². The number of carbonyl (C=O) groups excluding carboxylic acids is 1. The average molecular weight is 314 g/mol. The van der Waals surface area contributed by atoms with Crippen LogP contribution in [0.5, 0.6) is 17.2 Å². The molecule has 0 spiro atoms. The molecule has 4 N–H and O–H groups in total. The van der Waals surface area contributed by atoms with Crippen molar-refractivity contribution in [3.05, 3.63) is 53.1 Å². The minimum atomic E-state index is -0.491. The molecular formula is C18H22N2O3. The van der Waals surface area contributed by atoms with Gasteiger partial charge in [0.15, 0.2) is 0 Å². The molecule has 0 bridgehead atoms. The number of hydrogen-bond donors (Lipinski definition) is 3. The first kappa shape index (κ1) is 16.7. The van der Waals surface area contributed by atoms with Crippen LogP contribution in [0.25, 0.3) is 0 Å². The van der Waals surface area contributed by atoms with E-state index >= 15 is 0 Å². The van der Waals surface area contributed by atoms with Gasteiger partial charge in [-0.1, -0.05) is 12.1 Å². The first-order valence-electron chi connectivity index (χ1n) is 7.56. The van der Waals surface area contributed by atoms with E-state index in [0.717, 1.165) is 29.7 Å². The number of benzene rings is 2. The van der Waals surface area contributed by atoms with Crippen molar-refractivity contribution < 1.29 is 14.6 Å². The number of urea groups is 1. The zero-order valence-corrected chi connectivity index (χ0v) is 13.4. The zero-order valence-electron chi connectivity index (χ0n) is 13.4. The lowest BCUT2D eigenvalue weighted by Crippen LogP contribution is -2.30. The molecule has 0 atom stereocenters. The zero-order chi connectivity index (χ0) is 16.8. The van der Waals surface area contributed by atoms with Crippen LogP contribution < -0.4 is 15.8 Å². The van der Waals surface area contributed by atoms with Gasteiger partial charge in [-0.05, 0) is 67.6 Å². The number of rotatable bonds is 6. The molecule has 23 heavy (non-hydrogen) atoms. The number of phenolic OH excluding ortho intramolecular Hbond substituents is 1. The molecule has 2 rings (SSSR count). The summed E-state index contributed by atoms with van der Waals surface area (Å²) < 4.78 is 5.92. The molecule has 0 aromatic heterocycles. The number of amides is 2. The Morgan fingerprint density at radius 2 is 1.78 bits per heavy atom. The highest BCUT2D eigenvalue weighted by Gasteiger charge is 2.08. The van der Waals surface area contributed by atoms with Gasteiger partial charge < -0.3 is 20.9 Å². The molecule has 0 saturated carbocycles. The lowest BCUT2D eigenvalue weighted by atomic mass is 10.0. The third-order valence-electron chi connectivity index (χ3n) is 3.52. The highest BCUT2D eigenvalue weighted by Crippen LogP contribution is 2.30. The van der Waals surface area contributed by atoms with Crippen molar-refractivity contribution in [1.29, 1.82) is 0 Å². The van der Waals surface area contributed by atoms with E-state index in [9.17, 15) is 9.90 Å². The van der Waals surface area contributed by atoms with Crippen LogP contribution in [-0.4, -0.2) is 17.7 Å². The molecule has 0 aliphatic rings. The highest BCUT2D eigenvalue weighted by molar-refractivity contribution is 5.71. The van der Waals surface area contributed by atoms with Crippen molar-refractivity contribution >= 4 is 6.03 Å². The summed E-state index contributed by atoms with van der Waals surface area (Å²) in [5.41, 5.74) is 8.34. The van der Waals surface area contributed by atoms with Crippen LogP contribution in [0.4, 0.5) is 4.79 Å². The monoisotopic (exact) mass is 314 g/mol. The van der Waals surface area contributed by atoms with Gasteiger partial charge in [-0.3, -0.25) is 0 Å². The standard InChI is InChI=1S/C18H22N2O3/c1-12-10-14(4-3-9-20-18(19)22)11-13(2)17(12)23-16-7-5-15(21)6-8-16/h5-8,10-11,21H,3-4,9H2,1-2H3,(H3,19,20,22). The molecule has 0 aliphatic heterocycles. The Labute approximate surface area is 136 Å². The molecule has 0 aliphatic carbocycles. The molecule has 0 radical (unpaired) electrons. The molecule has 0 fully saturated rings. The fourth-order valence-corrected chi connectivity index (χ4v) is 2.48. The van der Waals surface area contributed by atoms with Gasteiger partial charge in [0.05, 0.1) is 0 Å². The largest absolute Gasteiger partial charge is 0.508 e. The Hall–Kier alpha value is -2.69. The van der Waals surface area contributed by atoms with Crippen LogP contribution >= 0.6 is 0 Å². The number of primary amides is 1. The second kappa shape index (κ2) is 7.54. The number of aryl methyl sites for hydroxylation is 3. The summed E-state index contributed by atoms with van der Waals surface area (Å²) in [6.45, 7) is 4.58. The van der Waals surface area contributed by atoms with E-state index in [1.54, 1.807) is 24.3 Å². The highest BCUT2D eigenvalue weighted by atomic mass is 16.5. The summed E-state index contributed by atoms with van der Waals surface area (Å²) in [7, 11) is 0. The van der Waals surface area contributed by atoms with E-state index in [-0.39, 0.29) is 5.75 Å². The Balaban J connectivity index is 2.04. The quantitative estimate of drug-likeness (QED) is 0.714. The Bertz CT molecular complexity index is 658.